The van der Waals surface area contributed by atoms with Crippen molar-refractivity contribution >= 4 is 6.09 Å². The molecular weight excluding hydrogens is 276 g/mol. The highest BCUT2D eigenvalue weighted by Gasteiger charge is 2.18. The molecule has 1 amide bonds. The Balaban J connectivity index is 2.67. The van der Waals surface area contributed by atoms with Gasteiger partial charge in [-0.2, -0.15) is 0 Å². The van der Waals surface area contributed by atoms with Gasteiger partial charge in [0.25, 0.3) is 0 Å². The maximum Gasteiger partial charge on any atom is 0.407 e. The molecule has 1 atom stereocenters. The first-order valence-corrected chi connectivity index (χ1v) is 7.80. The summed E-state index contributed by atoms with van der Waals surface area (Å²) < 4.78 is 5.24. The summed E-state index contributed by atoms with van der Waals surface area (Å²) in [7, 11) is 0. The molecule has 0 aromatic heterocycles. The molecule has 0 fully saturated rings. The molecule has 22 heavy (non-hydrogen) atoms. The van der Waals surface area contributed by atoms with Crippen LogP contribution in [0.1, 0.15) is 58.6 Å². The van der Waals surface area contributed by atoms with Crippen molar-refractivity contribution in [2.24, 2.45) is 5.73 Å². The van der Waals surface area contributed by atoms with Crippen LogP contribution in [-0.4, -0.2) is 24.8 Å². The minimum atomic E-state index is -0.489. The molecule has 0 radical (unpaired) electrons. The van der Waals surface area contributed by atoms with E-state index in [2.05, 4.69) is 50.4 Å². The van der Waals surface area contributed by atoms with Crippen LogP contribution in [0.2, 0.25) is 0 Å². The molecule has 1 unspecified atom stereocenters. The second kappa shape index (κ2) is 7.14. The summed E-state index contributed by atoms with van der Waals surface area (Å²) in [5.41, 5.74) is 7.91. The van der Waals surface area contributed by atoms with Crippen LogP contribution in [0.3, 0.4) is 0 Å². The number of alkyl carbamates (subject to hydrolysis) is 1. The summed E-state index contributed by atoms with van der Waals surface area (Å²) in [6.45, 7) is 13.0. The zero-order valence-corrected chi connectivity index (χ0v) is 14.7. The fourth-order valence-corrected chi connectivity index (χ4v) is 2.11. The molecule has 0 saturated carbocycles. The Morgan fingerprint density at radius 1 is 1.14 bits per heavy atom. The lowest BCUT2D eigenvalue weighted by atomic mass is 9.85. The molecule has 1 rings (SSSR count). The average Bonchev–Trinajstić information content (AvgIpc) is 2.37. The maximum absolute atomic E-state index is 11.7. The van der Waals surface area contributed by atoms with Gasteiger partial charge in [-0.05, 0) is 37.3 Å². The Labute approximate surface area is 134 Å². The smallest absolute Gasteiger partial charge is 0.407 e. The lowest BCUT2D eigenvalue weighted by Crippen LogP contribution is -2.36. The van der Waals surface area contributed by atoms with Gasteiger partial charge in [0.15, 0.2) is 0 Å². The normalized spacial score (nSPS) is 13.6. The topological polar surface area (TPSA) is 64.3 Å². The van der Waals surface area contributed by atoms with E-state index in [0.29, 0.717) is 13.1 Å². The van der Waals surface area contributed by atoms with Gasteiger partial charge in [-0.1, -0.05) is 45.0 Å². The van der Waals surface area contributed by atoms with Crippen LogP contribution in [0, 0.1) is 0 Å². The van der Waals surface area contributed by atoms with Crippen molar-refractivity contribution in [1.29, 1.82) is 0 Å². The van der Waals surface area contributed by atoms with Crippen molar-refractivity contribution in [1.82, 2.24) is 5.32 Å². The lowest BCUT2D eigenvalue weighted by Gasteiger charge is -2.23. The van der Waals surface area contributed by atoms with Crippen LogP contribution in [0.15, 0.2) is 24.3 Å². The van der Waals surface area contributed by atoms with Crippen LogP contribution in [0.4, 0.5) is 4.79 Å². The SMILES string of the molecule is CC(C)(C)OC(=O)NCC(CN)c1ccc(C(C)(C)C)cc1. The van der Waals surface area contributed by atoms with E-state index in [1.54, 1.807) is 0 Å². The van der Waals surface area contributed by atoms with Crippen molar-refractivity contribution in [2.45, 2.75) is 58.5 Å². The van der Waals surface area contributed by atoms with E-state index < -0.39 is 11.7 Å². The zero-order chi connectivity index (χ0) is 17.0. The van der Waals surface area contributed by atoms with Crippen LogP contribution >= 0.6 is 0 Å². The second-order valence-corrected chi connectivity index (χ2v) is 7.69. The Morgan fingerprint density at radius 2 is 1.68 bits per heavy atom. The molecule has 4 heteroatoms. The summed E-state index contributed by atoms with van der Waals surface area (Å²) in [4.78, 5) is 11.7. The first kappa shape index (κ1) is 18.5. The summed E-state index contributed by atoms with van der Waals surface area (Å²) in [5.74, 6) is 0.0848. The summed E-state index contributed by atoms with van der Waals surface area (Å²) >= 11 is 0. The minimum Gasteiger partial charge on any atom is -0.444 e. The van der Waals surface area contributed by atoms with E-state index in [4.69, 9.17) is 10.5 Å². The summed E-state index contributed by atoms with van der Waals surface area (Å²) in [6.07, 6.45) is -0.405. The molecule has 0 spiro atoms. The molecule has 0 aliphatic heterocycles. The highest BCUT2D eigenvalue weighted by Crippen LogP contribution is 2.24. The predicted molar refractivity (Wildman–Crippen MR) is 91.2 cm³/mol. The van der Waals surface area contributed by atoms with Gasteiger partial charge < -0.3 is 15.8 Å². The third-order valence-electron chi connectivity index (χ3n) is 3.42. The summed E-state index contributed by atoms with van der Waals surface area (Å²) in [6, 6.07) is 8.45. The van der Waals surface area contributed by atoms with Gasteiger partial charge in [0.2, 0.25) is 0 Å². The maximum atomic E-state index is 11.7. The van der Waals surface area contributed by atoms with Gasteiger partial charge in [-0.15, -0.1) is 0 Å². The number of nitrogens with two attached hydrogens (primary N) is 1. The molecular formula is C18H30N2O2. The first-order chi connectivity index (χ1) is 10.0. The molecule has 3 N–H and O–H groups in total. The van der Waals surface area contributed by atoms with E-state index in [9.17, 15) is 4.79 Å². The van der Waals surface area contributed by atoms with Gasteiger partial charge in [0.1, 0.15) is 5.60 Å². The Morgan fingerprint density at radius 3 is 2.09 bits per heavy atom. The van der Waals surface area contributed by atoms with Gasteiger partial charge >= 0.3 is 6.09 Å². The molecule has 0 bridgehead atoms. The Bertz CT molecular complexity index is 481. The lowest BCUT2D eigenvalue weighted by molar-refractivity contribution is 0.0525. The summed E-state index contributed by atoms with van der Waals surface area (Å²) in [5, 5.41) is 2.79. The number of nitrogens with one attached hydrogen (secondary N) is 1. The third kappa shape index (κ3) is 6.06. The number of ether oxygens (including phenoxy) is 1. The molecule has 124 valence electrons. The van der Waals surface area contributed by atoms with Gasteiger partial charge in [0, 0.05) is 19.0 Å². The van der Waals surface area contributed by atoms with E-state index in [1.165, 1.54) is 5.56 Å². The predicted octanol–water partition coefficient (Wildman–Crippen LogP) is 3.55. The standard InChI is InChI=1S/C18H30N2O2/c1-17(2,3)15-9-7-13(8-10-15)14(11-19)12-20-16(21)22-18(4,5)6/h7-10,14H,11-12,19H2,1-6H3,(H,20,21). The van der Waals surface area contributed by atoms with Crippen molar-refractivity contribution in [3.05, 3.63) is 35.4 Å². The number of hydrogen-bond donors (Lipinski definition) is 2. The Hall–Kier alpha value is -1.55. The monoisotopic (exact) mass is 306 g/mol. The number of amides is 1. The van der Waals surface area contributed by atoms with Gasteiger partial charge in [0.05, 0.1) is 0 Å². The van der Waals surface area contributed by atoms with Crippen molar-refractivity contribution < 1.29 is 9.53 Å². The first-order valence-electron chi connectivity index (χ1n) is 7.80. The highest BCUT2D eigenvalue weighted by atomic mass is 16.6. The molecule has 0 aliphatic carbocycles. The largest absolute Gasteiger partial charge is 0.444 e. The van der Waals surface area contributed by atoms with Crippen LogP contribution in [-0.2, 0) is 10.2 Å². The van der Waals surface area contributed by atoms with E-state index >= 15 is 0 Å². The molecule has 0 heterocycles. The highest BCUT2D eigenvalue weighted by molar-refractivity contribution is 5.67. The molecule has 0 aliphatic rings. The number of carbonyl (C=O) groups excluding carboxylic acids is 1. The number of benzene rings is 1. The number of hydrogen-bond acceptors (Lipinski definition) is 3. The zero-order valence-electron chi connectivity index (χ0n) is 14.7. The minimum absolute atomic E-state index is 0.0848. The number of carbonyl (C=O) groups is 1. The van der Waals surface area contributed by atoms with Crippen LogP contribution in [0.25, 0.3) is 0 Å². The molecule has 1 aromatic carbocycles. The van der Waals surface area contributed by atoms with E-state index in [0.717, 1.165) is 5.56 Å². The average molecular weight is 306 g/mol. The fraction of sp³-hybridized carbons (Fsp3) is 0.611. The van der Waals surface area contributed by atoms with E-state index in [1.807, 2.05) is 20.8 Å². The number of rotatable bonds is 4. The van der Waals surface area contributed by atoms with Gasteiger partial charge in [-0.3, -0.25) is 0 Å². The Kier molecular flexibility index (Phi) is 6.00. The van der Waals surface area contributed by atoms with Crippen molar-refractivity contribution in [2.75, 3.05) is 13.1 Å². The molecule has 1 aromatic rings. The third-order valence-corrected chi connectivity index (χ3v) is 3.42. The molecule has 0 saturated heterocycles. The quantitative estimate of drug-likeness (QED) is 0.894. The van der Waals surface area contributed by atoms with Crippen molar-refractivity contribution in [3.63, 3.8) is 0 Å². The van der Waals surface area contributed by atoms with E-state index in [-0.39, 0.29) is 11.3 Å². The van der Waals surface area contributed by atoms with Crippen LogP contribution in [0.5, 0.6) is 0 Å². The molecule has 4 nitrogen and oxygen atoms in total. The van der Waals surface area contributed by atoms with Crippen molar-refractivity contribution in [3.8, 4) is 0 Å². The van der Waals surface area contributed by atoms with Crippen LogP contribution < -0.4 is 11.1 Å². The second-order valence-electron chi connectivity index (χ2n) is 7.69. The fourth-order valence-electron chi connectivity index (χ4n) is 2.11. The van der Waals surface area contributed by atoms with Gasteiger partial charge in [-0.25, -0.2) is 4.79 Å².